The summed E-state index contributed by atoms with van der Waals surface area (Å²) in [4.78, 5) is 16.1. The van der Waals surface area contributed by atoms with Crippen LogP contribution < -0.4 is 10.2 Å². The Morgan fingerprint density at radius 2 is 1.75 bits per heavy atom. The largest absolute Gasteiger partial charge is 0.365 e. The first-order valence-electron chi connectivity index (χ1n) is 8.93. The molecule has 28 heavy (non-hydrogen) atoms. The van der Waals surface area contributed by atoms with E-state index >= 15 is 0 Å². The van der Waals surface area contributed by atoms with Crippen molar-refractivity contribution in [1.82, 2.24) is 0 Å². The van der Waals surface area contributed by atoms with Gasteiger partial charge in [0.05, 0.1) is 5.69 Å². The molecule has 4 rings (SSSR count). The Hall–Kier alpha value is -2.14. The highest BCUT2D eigenvalue weighted by atomic mass is 35.5. The van der Waals surface area contributed by atoms with Crippen molar-refractivity contribution in [2.75, 3.05) is 22.5 Å². The molecule has 3 aromatic carbocycles. The summed E-state index contributed by atoms with van der Waals surface area (Å²) in [6, 6.07) is 20.8. The van der Waals surface area contributed by atoms with Gasteiger partial charge in [0.2, 0.25) is 0 Å². The number of carbonyl (C=O) groups excluding carboxylic acids is 1. The van der Waals surface area contributed by atoms with Gasteiger partial charge in [-0.3, -0.25) is 4.79 Å². The predicted molar refractivity (Wildman–Crippen MR) is 119 cm³/mol. The van der Waals surface area contributed by atoms with Crippen molar-refractivity contribution < 1.29 is 4.79 Å². The second-order valence-corrected chi connectivity index (χ2v) is 8.42. The number of para-hydroxylation sites is 1. The van der Waals surface area contributed by atoms with Gasteiger partial charge in [-0.25, -0.2) is 0 Å². The smallest absolute Gasteiger partial charge is 0.255 e. The van der Waals surface area contributed by atoms with Gasteiger partial charge in [0.25, 0.3) is 5.91 Å². The van der Waals surface area contributed by atoms with Gasteiger partial charge in [-0.1, -0.05) is 47.5 Å². The van der Waals surface area contributed by atoms with E-state index in [1.807, 2.05) is 66.7 Å². The number of nitrogens with one attached hydrogen (secondary N) is 1. The average molecular weight is 429 g/mol. The van der Waals surface area contributed by atoms with E-state index in [0.717, 1.165) is 34.1 Å². The van der Waals surface area contributed by atoms with Crippen LogP contribution in [0.2, 0.25) is 10.0 Å². The summed E-state index contributed by atoms with van der Waals surface area (Å²) in [6.45, 7) is 1.47. The molecule has 0 fully saturated rings. The van der Waals surface area contributed by atoms with Crippen molar-refractivity contribution in [2.45, 2.75) is 11.4 Å². The first-order valence-corrected chi connectivity index (χ1v) is 10.7. The van der Waals surface area contributed by atoms with Crippen LogP contribution in [0.5, 0.6) is 0 Å². The molecule has 0 aromatic heterocycles. The number of hydrogen-bond acceptors (Lipinski definition) is 3. The molecule has 1 aliphatic heterocycles. The molecule has 142 valence electrons. The van der Waals surface area contributed by atoms with Crippen LogP contribution in [0.4, 0.5) is 11.4 Å². The quantitative estimate of drug-likeness (QED) is 0.524. The maximum Gasteiger partial charge on any atom is 0.255 e. The van der Waals surface area contributed by atoms with Crippen LogP contribution in [0.1, 0.15) is 15.9 Å². The number of thioether (sulfide) groups is 1. The Morgan fingerprint density at radius 3 is 2.50 bits per heavy atom. The van der Waals surface area contributed by atoms with Crippen molar-refractivity contribution in [3.8, 4) is 0 Å². The van der Waals surface area contributed by atoms with Gasteiger partial charge in [-0.2, -0.15) is 0 Å². The molecule has 0 radical (unpaired) electrons. The SMILES string of the molecule is O=C(Nc1ccccc1)c1ccc2c(c1)N(Cc1c(Cl)cccc1Cl)CCS2. The maximum absolute atomic E-state index is 12.7. The second kappa shape index (κ2) is 8.48. The van der Waals surface area contributed by atoms with Gasteiger partial charge in [-0.15, -0.1) is 11.8 Å². The standard InChI is InChI=1S/C22H18Cl2N2OS/c23-18-7-4-8-19(24)17(18)14-26-11-12-28-21-10-9-15(13-20(21)26)22(27)25-16-5-2-1-3-6-16/h1-10,13H,11-12,14H2,(H,25,27). The fourth-order valence-corrected chi connectivity index (χ4v) is 4.73. The molecule has 0 unspecified atom stereocenters. The Labute approximate surface area is 178 Å². The van der Waals surface area contributed by atoms with Gasteiger partial charge in [-0.05, 0) is 42.5 Å². The third-order valence-electron chi connectivity index (χ3n) is 4.62. The van der Waals surface area contributed by atoms with Crippen LogP contribution >= 0.6 is 35.0 Å². The van der Waals surface area contributed by atoms with Gasteiger partial charge < -0.3 is 10.2 Å². The Balaban J connectivity index is 1.61. The van der Waals surface area contributed by atoms with Crippen LogP contribution in [0.25, 0.3) is 0 Å². The van der Waals surface area contributed by atoms with E-state index in [1.165, 1.54) is 0 Å². The molecular formula is C22H18Cl2N2OS. The Morgan fingerprint density at radius 1 is 1.00 bits per heavy atom. The number of benzene rings is 3. The van der Waals surface area contributed by atoms with E-state index in [-0.39, 0.29) is 5.91 Å². The molecule has 0 bridgehead atoms. The molecular weight excluding hydrogens is 411 g/mol. The van der Waals surface area contributed by atoms with Crippen molar-refractivity contribution >= 4 is 52.2 Å². The summed E-state index contributed by atoms with van der Waals surface area (Å²) >= 11 is 14.5. The number of nitrogens with zero attached hydrogens (tertiary/aromatic N) is 1. The summed E-state index contributed by atoms with van der Waals surface area (Å²) < 4.78 is 0. The molecule has 3 nitrogen and oxygen atoms in total. The van der Waals surface area contributed by atoms with Crippen LogP contribution in [0.3, 0.4) is 0 Å². The molecule has 0 spiro atoms. The lowest BCUT2D eigenvalue weighted by Gasteiger charge is -2.31. The van der Waals surface area contributed by atoms with E-state index in [2.05, 4.69) is 10.2 Å². The molecule has 1 aliphatic rings. The highest BCUT2D eigenvalue weighted by Crippen LogP contribution is 2.38. The van der Waals surface area contributed by atoms with Crippen LogP contribution in [-0.2, 0) is 6.54 Å². The van der Waals surface area contributed by atoms with Gasteiger partial charge >= 0.3 is 0 Å². The molecule has 1 amide bonds. The Bertz CT molecular complexity index is 990. The fraction of sp³-hybridized carbons (Fsp3) is 0.136. The van der Waals surface area contributed by atoms with E-state index in [4.69, 9.17) is 23.2 Å². The zero-order chi connectivity index (χ0) is 19.5. The fourth-order valence-electron chi connectivity index (χ4n) is 3.18. The second-order valence-electron chi connectivity index (χ2n) is 6.47. The average Bonchev–Trinajstić information content (AvgIpc) is 2.71. The van der Waals surface area contributed by atoms with Crippen LogP contribution in [0.15, 0.2) is 71.6 Å². The minimum Gasteiger partial charge on any atom is -0.365 e. The molecule has 1 heterocycles. The highest BCUT2D eigenvalue weighted by molar-refractivity contribution is 7.99. The summed E-state index contributed by atoms with van der Waals surface area (Å²) in [5.41, 5.74) is 3.34. The number of halogens is 2. The van der Waals surface area contributed by atoms with Crippen molar-refractivity contribution in [1.29, 1.82) is 0 Å². The maximum atomic E-state index is 12.7. The van der Waals surface area contributed by atoms with Gasteiger partial charge in [0.1, 0.15) is 0 Å². The summed E-state index contributed by atoms with van der Waals surface area (Å²) in [5.74, 6) is 0.852. The number of hydrogen-bond donors (Lipinski definition) is 1. The summed E-state index contributed by atoms with van der Waals surface area (Å²) in [6.07, 6.45) is 0. The molecule has 0 atom stereocenters. The lowest BCUT2D eigenvalue weighted by atomic mass is 10.1. The number of amides is 1. The van der Waals surface area contributed by atoms with Crippen molar-refractivity contribution in [3.05, 3.63) is 87.9 Å². The number of anilines is 2. The van der Waals surface area contributed by atoms with Gasteiger partial charge in [0, 0.05) is 50.6 Å². The minimum atomic E-state index is -0.125. The lowest BCUT2D eigenvalue weighted by molar-refractivity contribution is 0.102. The first-order chi connectivity index (χ1) is 13.6. The van der Waals surface area contributed by atoms with Crippen molar-refractivity contribution in [2.24, 2.45) is 0 Å². The third kappa shape index (κ3) is 4.14. The molecule has 0 saturated carbocycles. The summed E-state index contributed by atoms with van der Waals surface area (Å²) in [5, 5.41) is 4.26. The van der Waals surface area contributed by atoms with Gasteiger partial charge in [0.15, 0.2) is 0 Å². The zero-order valence-corrected chi connectivity index (χ0v) is 17.3. The monoisotopic (exact) mass is 428 g/mol. The lowest BCUT2D eigenvalue weighted by Crippen LogP contribution is -2.29. The predicted octanol–water partition coefficient (Wildman–Crippen LogP) is 6.36. The van der Waals surface area contributed by atoms with E-state index in [1.54, 1.807) is 11.8 Å². The highest BCUT2D eigenvalue weighted by Gasteiger charge is 2.21. The van der Waals surface area contributed by atoms with E-state index in [9.17, 15) is 4.79 Å². The molecule has 1 N–H and O–H groups in total. The topological polar surface area (TPSA) is 32.3 Å². The molecule has 0 aliphatic carbocycles. The molecule has 3 aromatic rings. The zero-order valence-electron chi connectivity index (χ0n) is 15.0. The Kier molecular flexibility index (Phi) is 5.81. The minimum absolute atomic E-state index is 0.125. The van der Waals surface area contributed by atoms with E-state index < -0.39 is 0 Å². The van der Waals surface area contributed by atoms with Crippen LogP contribution in [0, 0.1) is 0 Å². The van der Waals surface area contributed by atoms with Crippen LogP contribution in [-0.4, -0.2) is 18.2 Å². The third-order valence-corrected chi connectivity index (χ3v) is 6.37. The number of carbonyl (C=O) groups is 1. The molecule has 0 saturated heterocycles. The normalized spacial score (nSPS) is 13.1. The van der Waals surface area contributed by atoms with Crippen molar-refractivity contribution in [3.63, 3.8) is 0 Å². The van der Waals surface area contributed by atoms with E-state index in [0.29, 0.717) is 22.2 Å². The first kappa shape index (κ1) is 19.2. The molecule has 6 heteroatoms. The number of rotatable bonds is 4. The number of fused-ring (bicyclic) bond motifs is 1. The summed E-state index contributed by atoms with van der Waals surface area (Å²) in [7, 11) is 0.